The topological polar surface area (TPSA) is 101 Å². The number of furan rings is 1. The quantitative estimate of drug-likeness (QED) is 0.404. The van der Waals surface area contributed by atoms with E-state index in [9.17, 15) is 9.59 Å². The molecule has 7 nitrogen and oxygen atoms in total. The Morgan fingerprint density at radius 2 is 2.15 bits per heavy atom. The Morgan fingerprint density at radius 1 is 1.45 bits per heavy atom. The number of nitrogen functional groups attached to an aromatic ring is 1. The van der Waals surface area contributed by atoms with Crippen molar-refractivity contribution in [3.63, 3.8) is 0 Å². The molecule has 1 fully saturated rings. The molecule has 0 bridgehead atoms. The summed E-state index contributed by atoms with van der Waals surface area (Å²) in [6.07, 6.45) is 3.09. The maximum atomic E-state index is 11.5. The molecule has 2 heterocycles. The number of likely N-dealkylation sites (tertiary alicyclic amines) is 1. The van der Waals surface area contributed by atoms with Crippen LogP contribution < -0.4 is 16.6 Å². The zero-order valence-electron chi connectivity index (χ0n) is 11.5. The van der Waals surface area contributed by atoms with Crippen molar-refractivity contribution >= 4 is 11.8 Å². The molecule has 1 aromatic heterocycles. The van der Waals surface area contributed by atoms with Gasteiger partial charge in [0.15, 0.2) is 0 Å². The molecule has 2 rings (SSSR count). The van der Waals surface area contributed by atoms with Gasteiger partial charge in [0.25, 0.3) is 5.91 Å². The number of piperidine rings is 1. The van der Waals surface area contributed by atoms with Gasteiger partial charge in [0.05, 0.1) is 12.1 Å². The van der Waals surface area contributed by atoms with Gasteiger partial charge in [-0.15, -0.1) is 0 Å². The fourth-order valence-corrected chi connectivity index (χ4v) is 2.44. The summed E-state index contributed by atoms with van der Waals surface area (Å²) in [5.74, 6) is 5.64. The lowest BCUT2D eigenvalue weighted by Gasteiger charge is -2.30. The molecule has 1 aromatic rings. The number of rotatable bonds is 4. The van der Waals surface area contributed by atoms with Crippen LogP contribution in [-0.2, 0) is 11.3 Å². The molecule has 0 spiro atoms. The van der Waals surface area contributed by atoms with Crippen molar-refractivity contribution in [2.45, 2.75) is 19.4 Å². The molecule has 1 aliphatic rings. The van der Waals surface area contributed by atoms with Crippen molar-refractivity contribution in [2.24, 2.45) is 11.8 Å². The first kappa shape index (κ1) is 14.5. The first-order valence-electron chi connectivity index (χ1n) is 6.66. The second-order valence-corrected chi connectivity index (χ2v) is 4.94. The number of carbonyl (C=O) groups is 2. The smallest absolute Gasteiger partial charge is 0.268 e. The normalized spacial score (nSPS) is 16.9. The number of nitrogens with one attached hydrogen (secondary N) is 2. The van der Waals surface area contributed by atoms with Crippen LogP contribution in [0.4, 0.5) is 0 Å². The number of amides is 2. The summed E-state index contributed by atoms with van der Waals surface area (Å²) in [5.41, 5.74) is 2.49. The monoisotopic (exact) mass is 280 g/mol. The molecule has 4 N–H and O–H groups in total. The standard InChI is InChI=1S/C13H20N4O3/c1-15-12(18)9-2-4-17(5-3-9)7-11-6-10(8-20-11)13(19)16-14/h6,8-9H,2-5,7,14H2,1H3,(H,15,18)(H,16,19). The molecule has 2 amide bonds. The molecular weight excluding hydrogens is 260 g/mol. The van der Waals surface area contributed by atoms with Gasteiger partial charge in [0, 0.05) is 13.0 Å². The fourth-order valence-electron chi connectivity index (χ4n) is 2.44. The van der Waals surface area contributed by atoms with Crippen molar-refractivity contribution in [1.82, 2.24) is 15.6 Å². The third kappa shape index (κ3) is 3.37. The lowest BCUT2D eigenvalue weighted by molar-refractivity contribution is -0.125. The van der Waals surface area contributed by atoms with E-state index >= 15 is 0 Å². The Hall–Kier alpha value is -1.86. The van der Waals surface area contributed by atoms with Crippen molar-refractivity contribution < 1.29 is 14.0 Å². The van der Waals surface area contributed by atoms with E-state index in [0.717, 1.165) is 31.7 Å². The van der Waals surface area contributed by atoms with Gasteiger partial charge < -0.3 is 9.73 Å². The molecule has 0 saturated carbocycles. The second kappa shape index (κ2) is 6.53. The molecule has 0 atom stereocenters. The third-order valence-corrected chi connectivity index (χ3v) is 3.63. The molecule has 0 aromatic carbocycles. The number of carbonyl (C=O) groups excluding carboxylic acids is 2. The summed E-state index contributed by atoms with van der Waals surface area (Å²) >= 11 is 0. The van der Waals surface area contributed by atoms with Crippen LogP contribution in [0.25, 0.3) is 0 Å². The highest BCUT2D eigenvalue weighted by molar-refractivity contribution is 5.93. The summed E-state index contributed by atoms with van der Waals surface area (Å²) in [6.45, 7) is 2.33. The van der Waals surface area contributed by atoms with Gasteiger partial charge in [0.1, 0.15) is 12.0 Å². The Bertz CT molecular complexity index is 478. The van der Waals surface area contributed by atoms with Crippen LogP contribution >= 0.6 is 0 Å². The highest BCUT2D eigenvalue weighted by Gasteiger charge is 2.24. The average molecular weight is 280 g/mol. The maximum Gasteiger partial charge on any atom is 0.268 e. The van der Waals surface area contributed by atoms with Gasteiger partial charge in [0.2, 0.25) is 5.91 Å². The molecule has 0 unspecified atom stereocenters. The Morgan fingerprint density at radius 3 is 2.75 bits per heavy atom. The molecule has 1 aliphatic heterocycles. The number of nitrogens with two attached hydrogens (primary N) is 1. The predicted octanol–water partition coefficient (Wildman–Crippen LogP) is -0.159. The van der Waals surface area contributed by atoms with Crippen LogP contribution in [-0.4, -0.2) is 36.9 Å². The van der Waals surface area contributed by atoms with E-state index in [4.69, 9.17) is 10.3 Å². The van der Waals surface area contributed by atoms with Crippen LogP contribution in [0.1, 0.15) is 29.0 Å². The largest absolute Gasteiger partial charge is 0.467 e. The van der Waals surface area contributed by atoms with Gasteiger partial charge in [-0.2, -0.15) is 0 Å². The number of nitrogens with zero attached hydrogens (tertiary/aromatic N) is 1. The van der Waals surface area contributed by atoms with Crippen LogP contribution in [0.5, 0.6) is 0 Å². The highest BCUT2D eigenvalue weighted by Crippen LogP contribution is 2.20. The highest BCUT2D eigenvalue weighted by atomic mass is 16.3. The Labute approximate surface area is 117 Å². The van der Waals surface area contributed by atoms with Gasteiger partial charge in [-0.25, -0.2) is 5.84 Å². The Balaban J connectivity index is 1.85. The second-order valence-electron chi connectivity index (χ2n) is 4.94. The van der Waals surface area contributed by atoms with E-state index in [2.05, 4.69) is 15.6 Å². The molecule has 0 aliphatic carbocycles. The summed E-state index contributed by atoms with van der Waals surface area (Å²) < 4.78 is 5.35. The zero-order valence-corrected chi connectivity index (χ0v) is 11.5. The lowest BCUT2D eigenvalue weighted by Crippen LogP contribution is -2.39. The van der Waals surface area contributed by atoms with Crippen LogP contribution in [0.15, 0.2) is 16.7 Å². The SMILES string of the molecule is CNC(=O)C1CCN(Cc2cc(C(=O)NN)co2)CC1. The van der Waals surface area contributed by atoms with Gasteiger partial charge >= 0.3 is 0 Å². The molecule has 20 heavy (non-hydrogen) atoms. The van der Waals surface area contributed by atoms with Crippen molar-refractivity contribution in [1.29, 1.82) is 0 Å². The van der Waals surface area contributed by atoms with Crippen LogP contribution in [0.2, 0.25) is 0 Å². The maximum absolute atomic E-state index is 11.5. The summed E-state index contributed by atoms with van der Waals surface area (Å²) in [5, 5.41) is 2.69. The van der Waals surface area contributed by atoms with Gasteiger partial charge in [-0.1, -0.05) is 0 Å². The van der Waals surface area contributed by atoms with Crippen molar-refractivity contribution in [2.75, 3.05) is 20.1 Å². The van der Waals surface area contributed by atoms with E-state index in [1.807, 2.05) is 0 Å². The lowest BCUT2D eigenvalue weighted by atomic mass is 9.96. The molecule has 0 radical (unpaired) electrons. The van der Waals surface area contributed by atoms with Crippen molar-refractivity contribution in [3.05, 3.63) is 23.7 Å². The van der Waals surface area contributed by atoms with Gasteiger partial charge in [-0.3, -0.25) is 19.9 Å². The van der Waals surface area contributed by atoms with Crippen LogP contribution in [0.3, 0.4) is 0 Å². The molecule has 110 valence electrons. The minimum absolute atomic E-state index is 0.103. The average Bonchev–Trinajstić information content (AvgIpc) is 2.95. The first-order valence-corrected chi connectivity index (χ1v) is 6.66. The van der Waals surface area contributed by atoms with Gasteiger partial charge in [-0.05, 0) is 32.0 Å². The fraction of sp³-hybridized carbons (Fsp3) is 0.538. The van der Waals surface area contributed by atoms with E-state index in [1.54, 1.807) is 13.1 Å². The van der Waals surface area contributed by atoms with E-state index in [-0.39, 0.29) is 17.7 Å². The molecule has 7 heteroatoms. The number of hydrazine groups is 1. The zero-order chi connectivity index (χ0) is 14.5. The van der Waals surface area contributed by atoms with Crippen molar-refractivity contribution in [3.8, 4) is 0 Å². The summed E-state index contributed by atoms with van der Waals surface area (Å²) in [6, 6.07) is 1.69. The third-order valence-electron chi connectivity index (χ3n) is 3.63. The van der Waals surface area contributed by atoms with E-state index < -0.39 is 0 Å². The minimum Gasteiger partial charge on any atom is -0.467 e. The predicted molar refractivity (Wildman–Crippen MR) is 72.4 cm³/mol. The summed E-state index contributed by atoms with van der Waals surface area (Å²) in [4.78, 5) is 25.1. The van der Waals surface area contributed by atoms with E-state index in [1.165, 1.54) is 6.26 Å². The molecule has 1 saturated heterocycles. The number of hydrogen-bond acceptors (Lipinski definition) is 5. The van der Waals surface area contributed by atoms with Crippen LogP contribution in [0, 0.1) is 5.92 Å². The first-order chi connectivity index (χ1) is 9.63. The van der Waals surface area contributed by atoms with E-state index in [0.29, 0.717) is 12.1 Å². The molecular formula is C13H20N4O3. The minimum atomic E-state index is -0.363. The Kier molecular flexibility index (Phi) is 4.75. The number of hydrogen-bond donors (Lipinski definition) is 3. The summed E-state index contributed by atoms with van der Waals surface area (Å²) in [7, 11) is 1.67.